The van der Waals surface area contributed by atoms with Gasteiger partial charge in [-0.05, 0) is 45.5 Å². The second-order valence-electron chi connectivity index (χ2n) is 11.6. The minimum absolute atomic E-state index is 0.0528. The number of alkyl carbamates (subject to hydrolysis) is 1. The molecule has 5 rings (SSSR count). The van der Waals surface area contributed by atoms with Crippen LogP contribution < -0.4 is 10.6 Å². The Labute approximate surface area is 249 Å². The summed E-state index contributed by atoms with van der Waals surface area (Å²) in [6.07, 6.45) is -0.263. The van der Waals surface area contributed by atoms with Crippen molar-refractivity contribution >= 4 is 20.1 Å². The van der Waals surface area contributed by atoms with Crippen molar-refractivity contribution in [3.63, 3.8) is 0 Å². The third-order valence-electron chi connectivity index (χ3n) is 7.24. The Kier molecular flexibility index (Phi) is 8.90. The van der Waals surface area contributed by atoms with E-state index in [-0.39, 0.29) is 18.4 Å². The van der Waals surface area contributed by atoms with Gasteiger partial charge in [0.05, 0.1) is 0 Å². The number of hydrogen-bond donors (Lipinski definition) is 2. The number of fused-ring (bicyclic) bond motifs is 3. The van der Waals surface area contributed by atoms with Crippen molar-refractivity contribution in [2.24, 2.45) is 0 Å². The van der Waals surface area contributed by atoms with E-state index in [2.05, 4.69) is 66.0 Å². The Balaban J connectivity index is 1.23. The van der Waals surface area contributed by atoms with Crippen LogP contribution in [-0.2, 0) is 22.5 Å². The lowest BCUT2D eigenvalue weighted by Gasteiger charge is -2.20. The molecule has 0 aromatic heterocycles. The van der Waals surface area contributed by atoms with Crippen LogP contribution in [0.5, 0.6) is 0 Å². The van der Waals surface area contributed by atoms with Crippen molar-refractivity contribution in [1.82, 2.24) is 10.6 Å². The lowest BCUT2D eigenvalue weighted by atomic mass is 9.98. The molecular formula is C36H36N2O3Si. The van der Waals surface area contributed by atoms with Crippen LogP contribution in [0.15, 0.2) is 103 Å². The van der Waals surface area contributed by atoms with Crippen LogP contribution in [0, 0.1) is 11.5 Å². The van der Waals surface area contributed by atoms with Crippen molar-refractivity contribution in [3.05, 3.63) is 131 Å². The minimum Gasteiger partial charge on any atom is -0.449 e. The van der Waals surface area contributed by atoms with Gasteiger partial charge in [-0.3, -0.25) is 4.79 Å². The summed E-state index contributed by atoms with van der Waals surface area (Å²) in [5, 5.41) is 5.81. The Morgan fingerprint density at radius 2 is 1.38 bits per heavy atom. The first-order valence-corrected chi connectivity index (χ1v) is 17.8. The lowest BCUT2D eigenvalue weighted by Crippen LogP contribution is -2.48. The quantitative estimate of drug-likeness (QED) is 0.183. The fraction of sp³-hybridized carbons (Fsp3) is 0.222. The summed E-state index contributed by atoms with van der Waals surface area (Å²) in [4.78, 5) is 26.4. The van der Waals surface area contributed by atoms with Gasteiger partial charge in [-0.2, -0.15) is 0 Å². The molecule has 42 heavy (non-hydrogen) atoms. The first-order valence-electron chi connectivity index (χ1n) is 14.3. The zero-order chi connectivity index (χ0) is 29.5. The average Bonchev–Trinajstić information content (AvgIpc) is 3.31. The molecule has 0 heterocycles. The van der Waals surface area contributed by atoms with E-state index in [0.29, 0.717) is 13.0 Å². The summed E-state index contributed by atoms with van der Waals surface area (Å²) in [6.45, 7) is 7.18. The van der Waals surface area contributed by atoms with Gasteiger partial charge in [0, 0.05) is 24.4 Å². The van der Waals surface area contributed by atoms with Crippen LogP contribution in [0.3, 0.4) is 0 Å². The van der Waals surface area contributed by atoms with Crippen LogP contribution in [0.4, 0.5) is 4.79 Å². The van der Waals surface area contributed by atoms with Crippen LogP contribution >= 0.6 is 0 Å². The average molecular weight is 573 g/mol. The van der Waals surface area contributed by atoms with Gasteiger partial charge in [0.2, 0.25) is 5.91 Å². The largest absolute Gasteiger partial charge is 0.449 e. The molecule has 0 aliphatic heterocycles. The number of rotatable bonds is 8. The summed E-state index contributed by atoms with van der Waals surface area (Å²) < 4.78 is 5.74. The van der Waals surface area contributed by atoms with E-state index in [4.69, 9.17) is 4.74 Å². The second kappa shape index (κ2) is 12.9. The summed E-state index contributed by atoms with van der Waals surface area (Å²) >= 11 is 0. The molecule has 2 N–H and O–H groups in total. The van der Waals surface area contributed by atoms with Gasteiger partial charge in [0.25, 0.3) is 0 Å². The van der Waals surface area contributed by atoms with Gasteiger partial charge in [0.1, 0.15) is 20.7 Å². The van der Waals surface area contributed by atoms with E-state index >= 15 is 0 Å². The number of hydrogen-bond acceptors (Lipinski definition) is 3. The first kappa shape index (κ1) is 28.9. The van der Waals surface area contributed by atoms with Crippen LogP contribution in [0.25, 0.3) is 11.1 Å². The topological polar surface area (TPSA) is 67.4 Å². The Morgan fingerprint density at radius 3 is 2.00 bits per heavy atom. The zero-order valence-corrected chi connectivity index (χ0v) is 25.3. The van der Waals surface area contributed by atoms with Crippen molar-refractivity contribution in [3.8, 4) is 22.6 Å². The van der Waals surface area contributed by atoms with Gasteiger partial charge in [-0.1, -0.05) is 117 Å². The minimum atomic E-state index is -1.45. The predicted octanol–water partition coefficient (Wildman–Crippen LogP) is 6.68. The molecule has 2 amide bonds. The number of ether oxygens (including phenoxy) is 1. The number of nitrogens with one attached hydrogen (secondary N) is 2. The highest BCUT2D eigenvalue weighted by Gasteiger charge is 2.30. The first-order chi connectivity index (χ1) is 20.3. The molecule has 0 unspecified atom stereocenters. The molecule has 6 heteroatoms. The third kappa shape index (κ3) is 7.37. The van der Waals surface area contributed by atoms with Crippen molar-refractivity contribution < 1.29 is 14.3 Å². The van der Waals surface area contributed by atoms with Crippen LogP contribution in [-0.4, -0.2) is 32.7 Å². The second-order valence-corrected chi connectivity index (χ2v) is 16.4. The van der Waals surface area contributed by atoms with Gasteiger partial charge < -0.3 is 15.4 Å². The monoisotopic (exact) mass is 572 g/mol. The maximum absolute atomic E-state index is 13.3. The SMILES string of the molecule is C[Si](C)(C)C#Cc1ccc(CNC(=O)[C@H](Cc2ccccc2)NC(=O)OCC2c3ccccc3-c3ccccc32)cc1. The van der Waals surface area contributed by atoms with Gasteiger partial charge in [-0.15, -0.1) is 5.54 Å². The van der Waals surface area contributed by atoms with Crippen molar-refractivity contribution in [2.75, 3.05) is 6.61 Å². The van der Waals surface area contributed by atoms with Crippen molar-refractivity contribution in [1.29, 1.82) is 0 Å². The lowest BCUT2D eigenvalue weighted by molar-refractivity contribution is -0.123. The summed E-state index contributed by atoms with van der Waals surface area (Å²) in [6, 6.07) is 33.2. The molecule has 212 valence electrons. The van der Waals surface area contributed by atoms with Crippen LogP contribution in [0.1, 0.15) is 33.7 Å². The van der Waals surface area contributed by atoms with Gasteiger partial charge in [-0.25, -0.2) is 4.79 Å². The van der Waals surface area contributed by atoms with E-state index < -0.39 is 20.2 Å². The number of carbonyl (C=O) groups is 2. The summed E-state index contributed by atoms with van der Waals surface area (Å²) in [5.41, 5.74) is 10.9. The maximum atomic E-state index is 13.3. The summed E-state index contributed by atoms with van der Waals surface area (Å²) in [7, 11) is -1.45. The van der Waals surface area contributed by atoms with E-state index in [0.717, 1.165) is 27.8 Å². The predicted molar refractivity (Wildman–Crippen MR) is 171 cm³/mol. The van der Waals surface area contributed by atoms with E-state index in [1.807, 2.05) is 78.9 Å². The van der Waals surface area contributed by atoms with E-state index in [1.54, 1.807) is 0 Å². The zero-order valence-electron chi connectivity index (χ0n) is 24.3. The number of carbonyl (C=O) groups excluding carboxylic acids is 2. The summed E-state index contributed by atoms with van der Waals surface area (Å²) in [5.74, 6) is 2.93. The Bertz CT molecular complexity index is 1570. The molecule has 0 saturated carbocycles. The molecule has 0 radical (unpaired) electrons. The standard InChI is InChI=1S/C36H36N2O3Si/c1-42(2,3)22-21-26-17-19-28(20-18-26)24-37-35(39)34(23-27-11-5-4-6-12-27)38-36(40)41-25-33-31-15-9-7-13-29(31)30-14-8-10-16-32(30)33/h4-20,33-34H,23-25H2,1-3H3,(H,37,39)(H,38,40)/t34-/m0/s1. The molecule has 0 fully saturated rings. The fourth-order valence-electron chi connectivity index (χ4n) is 5.12. The Hall–Kier alpha value is -4.60. The Morgan fingerprint density at radius 1 is 0.786 bits per heavy atom. The number of benzene rings is 4. The molecule has 1 atom stereocenters. The highest BCUT2D eigenvalue weighted by molar-refractivity contribution is 6.83. The van der Waals surface area contributed by atoms with E-state index in [9.17, 15) is 9.59 Å². The molecule has 0 spiro atoms. The molecule has 1 aliphatic carbocycles. The molecule has 1 aliphatic rings. The van der Waals surface area contributed by atoms with Gasteiger partial charge in [0.15, 0.2) is 0 Å². The molecule has 4 aromatic carbocycles. The van der Waals surface area contributed by atoms with Crippen LogP contribution in [0.2, 0.25) is 19.6 Å². The number of amides is 2. The molecule has 0 saturated heterocycles. The third-order valence-corrected chi connectivity index (χ3v) is 8.11. The molecule has 5 nitrogen and oxygen atoms in total. The molecule has 0 bridgehead atoms. The van der Waals surface area contributed by atoms with Gasteiger partial charge >= 0.3 is 6.09 Å². The fourth-order valence-corrected chi connectivity index (χ4v) is 5.64. The van der Waals surface area contributed by atoms with Crippen molar-refractivity contribution in [2.45, 2.75) is 44.6 Å². The highest BCUT2D eigenvalue weighted by atomic mass is 28.3. The molecular weight excluding hydrogens is 536 g/mol. The maximum Gasteiger partial charge on any atom is 0.407 e. The van der Waals surface area contributed by atoms with E-state index in [1.165, 1.54) is 11.1 Å². The smallest absolute Gasteiger partial charge is 0.407 e. The molecule has 4 aromatic rings. The highest BCUT2D eigenvalue weighted by Crippen LogP contribution is 2.44. The normalized spacial score (nSPS) is 12.7.